The van der Waals surface area contributed by atoms with Gasteiger partial charge in [0.1, 0.15) is 0 Å². The summed E-state index contributed by atoms with van der Waals surface area (Å²) in [5, 5.41) is 6.22. The van der Waals surface area contributed by atoms with Crippen molar-refractivity contribution in [1.29, 1.82) is 0 Å². The molecule has 4 heteroatoms. The molecule has 0 radical (unpaired) electrons. The lowest BCUT2D eigenvalue weighted by Gasteiger charge is -2.56. The first kappa shape index (κ1) is 12.3. The van der Waals surface area contributed by atoms with Gasteiger partial charge < -0.3 is 16.4 Å². The van der Waals surface area contributed by atoms with Gasteiger partial charge in [0, 0.05) is 12.1 Å². The van der Waals surface area contributed by atoms with Crippen molar-refractivity contribution >= 4 is 6.03 Å². The van der Waals surface area contributed by atoms with Crippen LogP contribution in [-0.4, -0.2) is 24.7 Å². The smallest absolute Gasteiger partial charge is 0.315 e. The highest BCUT2D eigenvalue weighted by atomic mass is 16.2. The van der Waals surface area contributed by atoms with E-state index >= 15 is 0 Å². The lowest BCUT2D eigenvalue weighted by Crippen LogP contribution is -2.61. The molecule has 0 aromatic heterocycles. The maximum atomic E-state index is 11.9. The van der Waals surface area contributed by atoms with Gasteiger partial charge in [-0.1, -0.05) is 0 Å². The summed E-state index contributed by atoms with van der Waals surface area (Å²) in [7, 11) is 0. The van der Waals surface area contributed by atoms with Gasteiger partial charge in [-0.05, 0) is 69.2 Å². The number of amides is 2. The molecule has 0 aromatic rings. The maximum Gasteiger partial charge on any atom is 0.315 e. The van der Waals surface area contributed by atoms with Crippen LogP contribution in [0.3, 0.4) is 0 Å². The molecule has 0 heterocycles. The Morgan fingerprint density at radius 2 is 1.67 bits per heavy atom. The van der Waals surface area contributed by atoms with Gasteiger partial charge in [-0.3, -0.25) is 0 Å². The molecule has 4 saturated carbocycles. The molecule has 0 aromatic carbocycles. The van der Waals surface area contributed by atoms with Gasteiger partial charge in [-0.25, -0.2) is 4.79 Å². The van der Waals surface area contributed by atoms with Gasteiger partial charge >= 0.3 is 6.03 Å². The summed E-state index contributed by atoms with van der Waals surface area (Å²) >= 11 is 0. The fraction of sp³-hybridized carbons (Fsp3) is 0.929. The molecule has 4 nitrogen and oxygen atoms in total. The monoisotopic (exact) mass is 251 g/mol. The van der Waals surface area contributed by atoms with Crippen LogP contribution in [0.15, 0.2) is 0 Å². The summed E-state index contributed by atoms with van der Waals surface area (Å²) in [5.74, 6) is 2.63. The molecule has 0 saturated heterocycles. The van der Waals surface area contributed by atoms with Crippen molar-refractivity contribution in [3.63, 3.8) is 0 Å². The zero-order valence-corrected chi connectivity index (χ0v) is 11.1. The van der Waals surface area contributed by atoms with Crippen LogP contribution in [0.25, 0.3) is 0 Å². The van der Waals surface area contributed by atoms with Crippen LogP contribution in [0.5, 0.6) is 0 Å². The predicted octanol–water partition coefficient (Wildman–Crippen LogP) is 1.60. The van der Waals surface area contributed by atoms with E-state index in [-0.39, 0.29) is 11.6 Å². The molecule has 0 aliphatic heterocycles. The Kier molecular flexibility index (Phi) is 3.22. The second-order valence-corrected chi connectivity index (χ2v) is 6.72. The SMILES string of the molecule is NCCCNC(=O)NC12CC3CC(CC(C3)C1)C2. The summed E-state index contributed by atoms with van der Waals surface area (Å²) in [6, 6.07) is 0.0189. The van der Waals surface area contributed by atoms with Gasteiger partial charge in [0.05, 0.1) is 0 Å². The third kappa shape index (κ3) is 2.35. The minimum atomic E-state index is 0.0189. The first-order chi connectivity index (χ1) is 8.69. The molecular weight excluding hydrogens is 226 g/mol. The van der Waals surface area contributed by atoms with E-state index in [1.807, 2.05) is 0 Å². The van der Waals surface area contributed by atoms with E-state index in [1.54, 1.807) is 0 Å². The van der Waals surface area contributed by atoms with E-state index in [1.165, 1.54) is 38.5 Å². The van der Waals surface area contributed by atoms with Gasteiger partial charge in [0.2, 0.25) is 0 Å². The van der Waals surface area contributed by atoms with Crippen LogP contribution in [0.1, 0.15) is 44.9 Å². The van der Waals surface area contributed by atoms with Gasteiger partial charge in [0.25, 0.3) is 0 Å². The van der Waals surface area contributed by atoms with Crippen molar-refractivity contribution in [3.8, 4) is 0 Å². The Labute approximate surface area is 109 Å². The van der Waals surface area contributed by atoms with Crippen molar-refractivity contribution in [3.05, 3.63) is 0 Å². The molecule has 0 spiro atoms. The molecule has 0 atom stereocenters. The molecule has 2 amide bonds. The normalized spacial score (nSPS) is 40.8. The number of carbonyl (C=O) groups is 1. The lowest BCUT2D eigenvalue weighted by atomic mass is 9.53. The largest absolute Gasteiger partial charge is 0.338 e. The molecule has 4 N–H and O–H groups in total. The van der Waals surface area contributed by atoms with Crippen molar-refractivity contribution < 1.29 is 4.79 Å². The molecule has 0 unspecified atom stereocenters. The molecule has 18 heavy (non-hydrogen) atoms. The second kappa shape index (κ2) is 4.72. The van der Waals surface area contributed by atoms with Gasteiger partial charge in [0.15, 0.2) is 0 Å². The number of hydrogen-bond acceptors (Lipinski definition) is 2. The van der Waals surface area contributed by atoms with Crippen molar-refractivity contribution in [1.82, 2.24) is 10.6 Å². The lowest BCUT2D eigenvalue weighted by molar-refractivity contribution is -0.0135. The highest BCUT2D eigenvalue weighted by Crippen LogP contribution is 2.55. The predicted molar refractivity (Wildman–Crippen MR) is 71.1 cm³/mol. The summed E-state index contributed by atoms with van der Waals surface area (Å²) in [4.78, 5) is 11.9. The van der Waals surface area contributed by atoms with Crippen molar-refractivity contribution in [2.45, 2.75) is 50.5 Å². The van der Waals surface area contributed by atoms with Crippen LogP contribution in [0.2, 0.25) is 0 Å². The topological polar surface area (TPSA) is 67.1 Å². The highest BCUT2D eigenvalue weighted by Gasteiger charge is 2.51. The Morgan fingerprint density at radius 1 is 1.11 bits per heavy atom. The number of nitrogens with two attached hydrogens (primary N) is 1. The van der Waals surface area contributed by atoms with Crippen LogP contribution < -0.4 is 16.4 Å². The van der Waals surface area contributed by atoms with E-state index in [9.17, 15) is 4.79 Å². The second-order valence-electron chi connectivity index (χ2n) is 6.72. The number of nitrogens with one attached hydrogen (secondary N) is 2. The minimum absolute atomic E-state index is 0.0189. The molecule has 4 aliphatic carbocycles. The quantitative estimate of drug-likeness (QED) is 0.664. The fourth-order valence-corrected chi connectivity index (χ4v) is 4.85. The first-order valence-corrected chi connectivity index (χ1v) is 7.45. The van der Waals surface area contributed by atoms with Crippen molar-refractivity contribution in [2.75, 3.05) is 13.1 Å². The highest BCUT2D eigenvalue weighted by molar-refractivity contribution is 5.74. The molecule has 4 fully saturated rings. The average molecular weight is 251 g/mol. The molecule has 4 aliphatic rings. The van der Waals surface area contributed by atoms with E-state index in [0.717, 1.165) is 24.2 Å². The summed E-state index contributed by atoms with van der Waals surface area (Å²) in [6.07, 6.45) is 8.73. The molecule has 4 bridgehead atoms. The third-order valence-electron chi connectivity index (χ3n) is 5.08. The van der Waals surface area contributed by atoms with E-state index in [0.29, 0.717) is 13.1 Å². The first-order valence-electron chi connectivity index (χ1n) is 7.45. The van der Waals surface area contributed by atoms with E-state index in [2.05, 4.69) is 10.6 Å². The Morgan fingerprint density at radius 3 is 2.17 bits per heavy atom. The Balaban J connectivity index is 1.57. The number of hydrogen-bond donors (Lipinski definition) is 3. The van der Waals surface area contributed by atoms with E-state index in [4.69, 9.17) is 5.73 Å². The fourth-order valence-electron chi connectivity index (χ4n) is 4.85. The Bertz CT molecular complexity index is 294. The molecular formula is C14H25N3O. The van der Waals surface area contributed by atoms with Crippen molar-refractivity contribution in [2.24, 2.45) is 23.5 Å². The zero-order chi connectivity index (χ0) is 12.6. The number of urea groups is 1. The number of carbonyl (C=O) groups excluding carboxylic acids is 1. The third-order valence-corrected chi connectivity index (χ3v) is 5.08. The van der Waals surface area contributed by atoms with Crippen LogP contribution in [0, 0.1) is 17.8 Å². The average Bonchev–Trinajstić information content (AvgIpc) is 2.26. The molecule has 102 valence electrons. The van der Waals surface area contributed by atoms with Crippen LogP contribution in [-0.2, 0) is 0 Å². The summed E-state index contributed by atoms with van der Waals surface area (Å²) < 4.78 is 0. The minimum Gasteiger partial charge on any atom is -0.338 e. The molecule has 4 rings (SSSR count). The maximum absolute atomic E-state index is 11.9. The van der Waals surface area contributed by atoms with Gasteiger partial charge in [-0.2, -0.15) is 0 Å². The number of rotatable bonds is 4. The van der Waals surface area contributed by atoms with Crippen LogP contribution >= 0.6 is 0 Å². The summed E-state index contributed by atoms with van der Waals surface area (Å²) in [6.45, 7) is 1.33. The van der Waals surface area contributed by atoms with Gasteiger partial charge in [-0.15, -0.1) is 0 Å². The van der Waals surface area contributed by atoms with E-state index < -0.39 is 0 Å². The van der Waals surface area contributed by atoms with Crippen LogP contribution in [0.4, 0.5) is 4.79 Å². The summed E-state index contributed by atoms with van der Waals surface area (Å²) in [5.41, 5.74) is 5.56. The Hall–Kier alpha value is -0.770. The standard InChI is InChI=1S/C14H25N3O/c15-2-1-3-16-13(18)17-14-7-10-4-11(8-14)6-12(5-10)9-14/h10-12H,1-9,15H2,(H2,16,17,18). The zero-order valence-electron chi connectivity index (χ0n) is 11.1.